The van der Waals surface area contributed by atoms with Crippen molar-refractivity contribution >= 4 is 5.91 Å². The third-order valence-corrected chi connectivity index (χ3v) is 3.05. The van der Waals surface area contributed by atoms with E-state index in [1.807, 2.05) is 4.90 Å². The van der Waals surface area contributed by atoms with E-state index in [4.69, 9.17) is 6.42 Å². The number of piperidine rings is 1. The van der Waals surface area contributed by atoms with Gasteiger partial charge >= 0.3 is 0 Å². The average Bonchev–Trinajstić information content (AvgIpc) is 2.29. The largest absolute Gasteiger partial charge is 0.341 e. The number of rotatable bonds is 4. The molecule has 0 aliphatic carbocycles. The van der Waals surface area contributed by atoms with Crippen molar-refractivity contribution in [3.05, 3.63) is 0 Å². The lowest BCUT2D eigenvalue weighted by Gasteiger charge is -2.35. The van der Waals surface area contributed by atoms with Gasteiger partial charge in [0, 0.05) is 19.1 Å². The number of likely N-dealkylation sites (tertiary alicyclic amines) is 1. The minimum atomic E-state index is 0.160. The monoisotopic (exact) mass is 223 g/mol. The second-order valence-electron chi connectivity index (χ2n) is 4.38. The van der Waals surface area contributed by atoms with E-state index in [-0.39, 0.29) is 5.91 Å². The van der Waals surface area contributed by atoms with Crippen molar-refractivity contribution in [1.82, 2.24) is 15.1 Å². The van der Waals surface area contributed by atoms with E-state index in [9.17, 15) is 4.79 Å². The second kappa shape index (κ2) is 6.51. The third-order valence-electron chi connectivity index (χ3n) is 3.05. The highest BCUT2D eigenvalue weighted by Crippen LogP contribution is 2.13. The molecular weight excluding hydrogens is 202 g/mol. The van der Waals surface area contributed by atoms with Crippen LogP contribution < -0.4 is 5.32 Å². The molecule has 16 heavy (non-hydrogen) atoms. The number of nitrogens with one attached hydrogen (secondary N) is 1. The van der Waals surface area contributed by atoms with Crippen LogP contribution in [0.3, 0.4) is 0 Å². The first-order valence-corrected chi connectivity index (χ1v) is 5.73. The minimum Gasteiger partial charge on any atom is -0.341 e. The summed E-state index contributed by atoms with van der Waals surface area (Å²) in [5.74, 6) is 2.62. The number of carbonyl (C=O) groups excluding carboxylic acids is 1. The Morgan fingerprint density at radius 1 is 1.50 bits per heavy atom. The summed E-state index contributed by atoms with van der Waals surface area (Å²) < 4.78 is 0. The van der Waals surface area contributed by atoms with E-state index in [2.05, 4.69) is 30.2 Å². The van der Waals surface area contributed by atoms with Gasteiger partial charge in [0.25, 0.3) is 0 Å². The van der Waals surface area contributed by atoms with Crippen molar-refractivity contribution in [3.8, 4) is 12.3 Å². The molecule has 1 saturated heterocycles. The van der Waals surface area contributed by atoms with Crippen LogP contribution in [-0.4, -0.2) is 62.0 Å². The van der Waals surface area contributed by atoms with E-state index >= 15 is 0 Å². The molecule has 1 N–H and O–H groups in total. The smallest absolute Gasteiger partial charge is 0.236 e. The Balaban J connectivity index is 2.25. The van der Waals surface area contributed by atoms with Crippen LogP contribution >= 0.6 is 0 Å². The van der Waals surface area contributed by atoms with Gasteiger partial charge in [0.2, 0.25) is 5.91 Å². The molecule has 0 atom stereocenters. The molecule has 1 heterocycles. The lowest BCUT2D eigenvalue weighted by molar-refractivity contribution is -0.131. The molecule has 1 aliphatic heterocycles. The number of amides is 1. The maximum atomic E-state index is 11.7. The highest BCUT2D eigenvalue weighted by molar-refractivity contribution is 5.78. The molecule has 4 heteroatoms. The number of hydrogen-bond donors (Lipinski definition) is 1. The zero-order chi connectivity index (χ0) is 12.0. The second-order valence-corrected chi connectivity index (χ2v) is 4.38. The van der Waals surface area contributed by atoms with Crippen LogP contribution in [0.25, 0.3) is 0 Å². The standard InChI is InChI=1S/C12H21N3O/c1-4-7-13-10-12(16)15-8-5-11(6-9-15)14(2)3/h1,11,13H,5-10H2,2-3H3. The van der Waals surface area contributed by atoms with Crippen LogP contribution in [0, 0.1) is 12.3 Å². The average molecular weight is 223 g/mol. The molecular formula is C12H21N3O. The minimum absolute atomic E-state index is 0.160. The molecule has 90 valence electrons. The van der Waals surface area contributed by atoms with Gasteiger partial charge in [0.05, 0.1) is 13.1 Å². The van der Waals surface area contributed by atoms with Gasteiger partial charge in [-0.3, -0.25) is 10.1 Å². The Labute approximate surface area is 98.0 Å². The lowest BCUT2D eigenvalue weighted by Crippen LogP contribution is -2.47. The first-order valence-electron chi connectivity index (χ1n) is 5.73. The molecule has 1 amide bonds. The van der Waals surface area contributed by atoms with Crippen molar-refractivity contribution < 1.29 is 4.79 Å². The summed E-state index contributed by atoms with van der Waals surface area (Å²) >= 11 is 0. The Hall–Kier alpha value is -1.05. The molecule has 1 fully saturated rings. The Morgan fingerprint density at radius 2 is 2.12 bits per heavy atom. The number of terminal acetylenes is 1. The molecule has 1 rings (SSSR count). The maximum absolute atomic E-state index is 11.7. The van der Waals surface area contributed by atoms with E-state index in [0.717, 1.165) is 25.9 Å². The lowest BCUT2D eigenvalue weighted by atomic mass is 10.0. The van der Waals surface area contributed by atoms with E-state index in [1.54, 1.807) is 0 Å². The van der Waals surface area contributed by atoms with Gasteiger partial charge in [0.1, 0.15) is 0 Å². The molecule has 0 radical (unpaired) electrons. The fourth-order valence-electron chi connectivity index (χ4n) is 1.99. The molecule has 4 nitrogen and oxygen atoms in total. The molecule has 0 aromatic carbocycles. The Kier molecular flexibility index (Phi) is 5.30. The summed E-state index contributed by atoms with van der Waals surface area (Å²) in [7, 11) is 4.19. The fraction of sp³-hybridized carbons (Fsp3) is 0.750. The zero-order valence-electron chi connectivity index (χ0n) is 10.2. The van der Waals surface area contributed by atoms with Crippen molar-refractivity contribution in [1.29, 1.82) is 0 Å². The fourth-order valence-corrected chi connectivity index (χ4v) is 1.99. The van der Waals surface area contributed by atoms with Crippen LogP contribution in [0.4, 0.5) is 0 Å². The van der Waals surface area contributed by atoms with Crippen LogP contribution in [0.15, 0.2) is 0 Å². The van der Waals surface area contributed by atoms with Crippen LogP contribution in [-0.2, 0) is 4.79 Å². The quantitative estimate of drug-likeness (QED) is 0.528. The SMILES string of the molecule is C#CCNCC(=O)N1CCC(N(C)C)CC1. The predicted molar refractivity (Wildman–Crippen MR) is 65.0 cm³/mol. The van der Waals surface area contributed by atoms with Gasteiger partial charge < -0.3 is 9.80 Å². The van der Waals surface area contributed by atoms with Gasteiger partial charge in [-0.05, 0) is 26.9 Å². The number of nitrogens with zero attached hydrogens (tertiary/aromatic N) is 2. The van der Waals surface area contributed by atoms with Gasteiger partial charge in [-0.1, -0.05) is 5.92 Å². The third kappa shape index (κ3) is 3.84. The van der Waals surface area contributed by atoms with Gasteiger partial charge in [0.15, 0.2) is 0 Å². The molecule has 0 spiro atoms. The van der Waals surface area contributed by atoms with Crippen molar-refractivity contribution in [2.24, 2.45) is 0 Å². The van der Waals surface area contributed by atoms with Crippen LogP contribution in [0.5, 0.6) is 0 Å². The molecule has 0 unspecified atom stereocenters. The summed E-state index contributed by atoms with van der Waals surface area (Å²) in [5.41, 5.74) is 0. The molecule has 0 aromatic heterocycles. The molecule has 0 aromatic rings. The van der Waals surface area contributed by atoms with Crippen molar-refractivity contribution in [2.45, 2.75) is 18.9 Å². The number of carbonyl (C=O) groups is 1. The van der Waals surface area contributed by atoms with E-state index in [1.165, 1.54) is 0 Å². The molecule has 0 saturated carbocycles. The maximum Gasteiger partial charge on any atom is 0.236 e. The Morgan fingerprint density at radius 3 is 2.62 bits per heavy atom. The first-order chi connectivity index (χ1) is 7.65. The zero-order valence-corrected chi connectivity index (χ0v) is 10.2. The van der Waals surface area contributed by atoms with E-state index in [0.29, 0.717) is 19.1 Å². The van der Waals surface area contributed by atoms with Crippen molar-refractivity contribution in [3.63, 3.8) is 0 Å². The summed E-state index contributed by atoms with van der Waals surface area (Å²) in [5, 5.41) is 2.93. The van der Waals surface area contributed by atoms with Gasteiger partial charge in [-0.2, -0.15) is 0 Å². The van der Waals surface area contributed by atoms with Crippen LogP contribution in [0.2, 0.25) is 0 Å². The summed E-state index contributed by atoms with van der Waals surface area (Å²) in [6.45, 7) is 2.54. The van der Waals surface area contributed by atoms with Crippen LogP contribution in [0.1, 0.15) is 12.8 Å². The Bertz CT molecular complexity index is 262. The first kappa shape index (κ1) is 13.0. The highest BCUT2D eigenvalue weighted by atomic mass is 16.2. The van der Waals surface area contributed by atoms with E-state index < -0.39 is 0 Å². The van der Waals surface area contributed by atoms with Gasteiger partial charge in [-0.25, -0.2) is 0 Å². The number of hydrogen-bond acceptors (Lipinski definition) is 3. The van der Waals surface area contributed by atoms with Gasteiger partial charge in [-0.15, -0.1) is 6.42 Å². The molecule has 1 aliphatic rings. The topological polar surface area (TPSA) is 35.6 Å². The van der Waals surface area contributed by atoms with Crippen molar-refractivity contribution in [2.75, 3.05) is 40.3 Å². The highest BCUT2D eigenvalue weighted by Gasteiger charge is 2.23. The normalized spacial score (nSPS) is 17.5. The summed E-state index contributed by atoms with van der Waals surface area (Å²) in [6.07, 6.45) is 7.23. The predicted octanol–water partition coefficient (Wildman–Crippen LogP) is -0.238. The molecule has 0 bridgehead atoms. The summed E-state index contributed by atoms with van der Waals surface area (Å²) in [4.78, 5) is 15.9. The summed E-state index contributed by atoms with van der Waals surface area (Å²) in [6, 6.07) is 0.614.